The quantitative estimate of drug-likeness (QED) is 0.194. The maximum Gasteiger partial charge on any atom is 0.416 e. The number of nitrogens with one attached hydrogen (secondary N) is 1. The zero-order chi connectivity index (χ0) is 26.7. The van der Waals surface area contributed by atoms with Crippen LogP contribution in [0, 0.1) is 12.9 Å². The summed E-state index contributed by atoms with van der Waals surface area (Å²) in [5.74, 6) is -2.65. The van der Waals surface area contributed by atoms with Crippen molar-refractivity contribution in [1.82, 2.24) is 20.1 Å². The highest BCUT2D eigenvalue weighted by molar-refractivity contribution is 6.02. The normalized spacial score (nSPS) is 12.3. The standard InChI is InChI=1S/C25H19F4N5O3/c1-13-5-6-15(9-17(13)25(27,28)29)33-24(36)22-11-18(34-37-22)14(2)8-21(35)20-10-19(31-12-32-20)16-4-3-7-30-23(16)26/h3-7,9-12,14H,8H2,1-2H3,(H,33,36)/t14-/m0/s1. The van der Waals surface area contributed by atoms with Crippen LogP contribution >= 0.6 is 0 Å². The van der Waals surface area contributed by atoms with Gasteiger partial charge in [-0.2, -0.15) is 17.6 Å². The number of carbonyl (C=O) groups is 2. The number of benzene rings is 1. The first kappa shape index (κ1) is 25.6. The molecular formula is C25H19F4N5O3. The lowest BCUT2D eigenvalue weighted by Crippen LogP contribution is -2.13. The second kappa shape index (κ2) is 10.2. The van der Waals surface area contributed by atoms with Gasteiger partial charge in [-0.1, -0.05) is 18.1 Å². The summed E-state index contributed by atoms with van der Waals surface area (Å²) in [7, 11) is 0. The van der Waals surface area contributed by atoms with Crippen molar-refractivity contribution in [3.05, 3.63) is 89.2 Å². The van der Waals surface area contributed by atoms with Crippen LogP contribution in [0.25, 0.3) is 11.3 Å². The van der Waals surface area contributed by atoms with Crippen molar-refractivity contribution in [2.75, 3.05) is 5.32 Å². The third-order valence-electron chi connectivity index (χ3n) is 5.54. The molecule has 1 aromatic carbocycles. The lowest BCUT2D eigenvalue weighted by molar-refractivity contribution is -0.138. The van der Waals surface area contributed by atoms with Crippen molar-refractivity contribution in [1.29, 1.82) is 0 Å². The fourth-order valence-corrected chi connectivity index (χ4v) is 3.55. The summed E-state index contributed by atoms with van der Waals surface area (Å²) in [5, 5.41) is 6.17. The molecule has 0 radical (unpaired) electrons. The van der Waals surface area contributed by atoms with Crippen molar-refractivity contribution in [3.8, 4) is 11.3 Å². The molecule has 0 fully saturated rings. The summed E-state index contributed by atoms with van der Waals surface area (Å²) in [6.07, 6.45) is -2.19. The first-order valence-corrected chi connectivity index (χ1v) is 10.9. The van der Waals surface area contributed by atoms with Crippen molar-refractivity contribution in [2.24, 2.45) is 0 Å². The second-order valence-corrected chi connectivity index (χ2v) is 8.26. The molecule has 3 aromatic heterocycles. The lowest BCUT2D eigenvalue weighted by Gasteiger charge is -2.12. The van der Waals surface area contributed by atoms with Gasteiger partial charge in [-0.15, -0.1) is 0 Å². The minimum Gasteiger partial charge on any atom is -0.351 e. The molecule has 0 spiro atoms. The third-order valence-corrected chi connectivity index (χ3v) is 5.54. The van der Waals surface area contributed by atoms with Gasteiger partial charge in [0.25, 0.3) is 5.91 Å². The Hall–Kier alpha value is -4.48. The number of aryl methyl sites for hydroxylation is 1. The van der Waals surface area contributed by atoms with Crippen LogP contribution < -0.4 is 5.32 Å². The van der Waals surface area contributed by atoms with E-state index in [4.69, 9.17) is 4.52 Å². The summed E-state index contributed by atoms with van der Waals surface area (Å²) >= 11 is 0. The molecular weight excluding hydrogens is 494 g/mol. The average molecular weight is 513 g/mol. The number of amides is 1. The van der Waals surface area contributed by atoms with Crippen molar-refractivity contribution >= 4 is 17.4 Å². The van der Waals surface area contributed by atoms with Crippen LogP contribution in [0.4, 0.5) is 23.2 Å². The van der Waals surface area contributed by atoms with E-state index < -0.39 is 29.5 Å². The Morgan fingerprint density at radius 3 is 2.59 bits per heavy atom. The lowest BCUT2D eigenvalue weighted by atomic mass is 9.98. The van der Waals surface area contributed by atoms with Crippen LogP contribution in [0.2, 0.25) is 0 Å². The number of hydrogen-bond donors (Lipinski definition) is 1. The van der Waals surface area contributed by atoms with Gasteiger partial charge in [-0.3, -0.25) is 9.59 Å². The van der Waals surface area contributed by atoms with Gasteiger partial charge in [0.05, 0.1) is 22.5 Å². The largest absolute Gasteiger partial charge is 0.416 e. The molecule has 0 saturated carbocycles. The second-order valence-electron chi connectivity index (χ2n) is 8.26. The van der Waals surface area contributed by atoms with Crippen LogP contribution in [0.3, 0.4) is 0 Å². The summed E-state index contributed by atoms with van der Waals surface area (Å²) < 4.78 is 58.4. The predicted molar refractivity (Wildman–Crippen MR) is 123 cm³/mol. The number of ketones is 1. The molecule has 190 valence electrons. The number of halogens is 4. The summed E-state index contributed by atoms with van der Waals surface area (Å²) in [4.78, 5) is 36.8. The number of anilines is 1. The fraction of sp³-hybridized carbons (Fsp3) is 0.200. The molecule has 4 aromatic rings. The van der Waals surface area contributed by atoms with E-state index in [0.717, 1.165) is 12.4 Å². The van der Waals surface area contributed by atoms with Gasteiger partial charge in [-0.25, -0.2) is 15.0 Å². The van der Waals surface area contributed by atoms with Gasteiger partial charge in [0.15, 0.2) is 5.78 Å². The average Bonchev–Trinajstić information content (AvgIpc) is 3.36. The van der Waals surface area contributed by atoms with E-state index in [1.165, 1.54) is 49.5 Å². The van der Waals surface area contributed by atoms with Crippen molar-refractivity contribution in [2.45, 2.75) is 32.4 Å². The number of nitrogens with zero attached hydrogens (tertiary/aromatic N) is 4. The monoisotopic (exact) mass is 513 g/mol. The maximum atomic E-state index is 14.0. The smallest absolute Gasteiger partial charge is 0.351 e. The Morgan fingerprint density at radius 1 is 1.08 bits per heavy atom. The molecule has 0 aliphatic carbocycles. The van der Waals surface area contributed by atoms with Crippen LogP contribution in [0.15, 0.2) is 59.5 Å². The Kier molecular flexibility index (Phi) is 7.09. The molecule has 0 aliphatic heterocycles. The van der Waals surface area contributed by atoms with Gasteiger partial charge in [0.1, 0.15) is 12.0 Å². The molecule has 12 heteroatoms. The summed E-state index contributed by atoms with van der Waals surface area (Å²) in [6, 6.07) is 9.10. The van der Waals surface area contributed by atoms with Gasteiger partial charge in [0.2, 0.25) is 11.7 Å². The molecule has 0 saturated heterocycles. The van der Waals surface area contributed by atoms with Gasteiger partial charge >= 0.3 is 6.18 Å². The number of aromatic nitrogens is 4. The Labute approximate surface area is 207 Å². The minimum absolute atomic E-state index is 0.0207. The molecule has 37 heavy (non-hydrogen) atoms. The van der Waals surface area contributed by atoms with Crippen molar-refractivity contribution in [3.63, 3.8) is 0 Å². The topological polar surface area (TPSA) is 111 Å². The molecule has 4 rings (SSSR count). The zero-order valence-electron chi connectivity index (χ0n) is 19.5. The van der Waals surface area contributed by atoms with E-state index in [0.29, 0.717) is 0 Å². The van der Waals surface area contributed by atoms with E-state index >= 15 is 0 Å². The van der Waals surface area contributed by atoms with Crippen LogP contribution in [-0.2, 0) is 6.18 Å². The molecule has 0 bridgehead atoms. The molecule has 1 amide bonds. The predicted octanol–water partition coefficient (Wildman–Crippen LogP) is 5.62. The molecule has 1 N–H and O–H groups in total. The van der Waals surface area contributed by atoms with E-state index in [2.05, 4.69) is 25.4 Å². The molecule has 0 aliphatic rings. The van der Waals surface area contributed by atoms with E-state index in [9.17, 15) is 27.2 Å². The molecule has 0 unspecified atom stereocenters. The fourth-order valence-electron chi connectivity index (χ4n) is 3.55. The highest BCUT2D eigenvalue weighted by Crippen LogP contribution is 2.33. The SMILES string of the molecule is Cc1ccc(NC(=O)c2cc([C@@H](C)CC(=O)c3cc(-c4cccnc4F)ncn3)no2)cc1C(F)(F)F. The van der Waals surface area contributed by atoms with Crippen molar-refractivity contribution < 1.29 is 31.7 Å². The molecule has 8 nitrogen and oxygen atoms in total. The molecule has 1 atom stereocenters. The maximum absolute atomic E-state index is 14.0. The highest BCUT2D eigenvalue weighted by Gasteiger charge is 2.32. The number of pyridine rings is 1. The first-order valence-electron chi connectivity index (χ1n) is 10.9. The summed E-state index contributed by atoms with van der Waals surface area (Å²) in [5.41, 5.74) is -0.250. The zero-order valence-corrected chi connectivity index (χ0v) is 19.5. The Morgan fingerprint density at radius 2 is 1.86 bits per heavy atom. The highest BCUT2D eigenvalue weighted by atomic mass is 19.4. The van der Waals surface area contributed by atoms with Crippen LogP contribution in [-0.4, -0.2) is 31.8 Å². The first-order chi connectivity index (χ1) is 17.5. The number of carbonyl (C=O) groups excluding carboxylic acids is 2. The van der Waals surface area contributed by atoms with Gasteiger partial charge in [-0.05, 0) is 42.8 Å². The number of Topliss-reactive ketones (excluding diaryl/α,β-unsaturated/α-hetero) is 1. The number of rotatable bonds is 7. The number of alkyl halides is 3. The van der Waals surface area contributed by atoms with E-state index in [1.54, 1.807) is 6.92 Å². The number of hydrogen-bond acceptors (Lipinski definition) is 7. The Bertz CT molecular complexity index is 1470. The minimum atomic E-state index is -4.57. The van der Waals surface area contributed by atoms with Crippen LogP contribution in [0.5, 0.6) is 0 Å². The van der Waals surface area contributed by atoms with E-state index in [-0.39, 0.29) is 51.9 Å². The molecule has 3 heterocycles. The Balaban J connectivity index is 1.44. The summed E-state index contributed by atoms with van der Waals surface area (Å²) in [6.45, 7) is 3.00. The van der Waals surface area contributed by atoms with Gasteiger partial charge < -0.3 is 9.84 Å². The van der Waals surface area contributed by atoms with Crippen LogP contribution in [0.1, 0.15) is 57.1 Å². The van der Waals surface area contributed by atoms with E-state index in [1.807, 2.05) is 0 Å². The van der Waals surface area contributed by atoms with Gasteiger partial charge in [0, 0.05) is 30.3 Å². The third kappa shape index (κ3) is 5.85.